The minimum atomic E-state index is 0.152. The fourth-order valence-electron chi connectivity index (χ4n) is 6.16. The summed E-state index contributed by atoms with van der Waals surface area (Å²) in [6.07, 6.45) is 11.9. The zero-order valence-electron chi connectivity index (χ0n) is 18.2. The van der Waals surface area contributed by atoms with Crippen molar-refractivity contribution in [1.29, 1.82) is 0 Å². The summed E-state index contributed by atoms with van der Waals surface area (Å²) in [5.74, 6) is 1.36. The van der Waals surface area contributed by atoms with E-state index < -0.39 is 0 Å². The zero-order chi connectivity index (χ0) is 19.5. The van der Waals surface area contributed by atoms with Crippen LogP contribution in [0.25, 0.3) is 0 Å². The molecule has 8 unspecified atom stereocenters. The van der Waals surface area contributed by atoms with E-state index in [2.05, 4.69) is 35.1 Å². The van der Waals surface area contributed by atoms with Gasteiger partial charge in [-0.2, -0.15) is 5.48 Å². The lowest BCUT2D eigenvalue weighted by Crippen LogP contribution is -3.16. The molecule has 0 aromatic rings. The molecule has 0 amide bonds. The van der Waals surface area contributed by atoms with Crippen LogP contribution in [-0.4, -0.2) is 76.4 Å². The molecular weight excluding hydrogens is 354 g/mol. The molecule has 162 valence electrons. The molecule has 3 aliphatic heterocycles. The second kappa shape index (κ2) is 9.69. The lowest BCUT2D eigenvalue weighted by molar-refractivity contribution is -0.920. The minimum Gasteiger partial charge on any atom is -0.381 e. The fourth-order valence-corrected chi connectivity index (χ4v) is 6.16. The number of hydrogen-bond donors (Lipinski definition) is 4. The van der Waals surface area contributed by atoms with E-state index in [1.54, 1.807) is 4.90 Å². The van der Waals surface area contributed by atoms with Gasteiger partial charge in [0.05, 0.1) is 31.9 Å². The van der Waals surface area contributed by atoms with Crippen LogP contribution in [0.4, 0.5) is 0 Å². The number of nitrogens with zero attached hydrogens (tertiary/aromatic N) is 1. The smallest absolute Gasteiger partial charge is 0.183 e. The molecule has 4 rings (SSSR count). The van der Waals surface area contributed by atoms with Crippen molar-refractivity contribution >= 4 is 0 Å². The topological polar surface area (TPSA) is 66.8 Å². The molecule has 7 nitrogen and oxygen atoms in total. The van der Waals surface area contributed by atoms with Gasteiger partial charge in [-0.05, 0) is 33.4 Å². The molecule has 1 saturated carbocycles. The first-order chi connectivity index (χ1) is 13.7. The van der Waals surface area contributed by atoms with Crippen molar-refractivity contribution in [1.82, 2.24) is 15.7 Å². The third kappa shape index (κ3) is 4.72. The van der Waals surface area contributed by atoms with Crippen LogP contribution in [-0.2, 0) is 9.57 Å². The summed E-state index contributed by atoms with van der Waals surface area (Å²) < 4.78 is 5.82. The van der Waals surface area contributed by atoms with E-state index >= 15 is 0 Å². The van der Waals surface area contributed by atoms with Gasteiger partial charge in [-0.25, -0.2) is 0 Å². The highest BCUT2D eigenvalue weighted by atomic mass is 16.7. The van der Waals surface area contributed by atoms with Crippen molar-refractivity contribution in [3.05, 3.63) is 0 Å². The van der Waals surface area contributed by atoms with Crippen LogP contribution in [0, 0.1) is 11.8 Å². The van der Waals surface area contributed by atoms with Gasteiger partial charge in [-0.15, -0.1) is 0 Å². The van der Waals surface area contributed by atoms with Crippen molar-refractivity contribution in [2.24, 2.45) is 11.8 Å². The molecule has 0 radical (unpaired) electrons. The maximum absolute atomic E-state index is 6.11. The Balaban J connectivity index is 1.28. The normalized spacial score (nSPS) is 45.0. The first-order valence-corrected chi connectivity index (χ1v) is 11.7. The number of ether oxygens (including phenoxy) is 1. The van der Waals surface area contributed by atoms with Gasteiger partial charge in [-0.3, -0.25) is 15.1 Å². The number of hydroxylamine groups is 1. The third-order valence-corrected chi connectivity index (χ3v) is 7.91. The van der Waals surface area contributed by atoms with Gasteiger partial charge < -0.3 is 15.0 Å². The number of rotatable bonds is 6. The largest absolute Gasteiger partial charge is 0.381 e. The van der Waals surface area contributed by atoms with Crippen LogP contribution in [0.1, 0.15) is 51.4 Å². The number of piperidine rings is 1. The highest BCUT2D eigenvalue weighted by Gasteiger charge is 2.44. The summed E-state index contributed by atoms with van der Waals surface area (Å²) in [6, 6.07) is 0.569. The van der Waals surface area contributed by atoms with Gasteiger partial charge in [0.1, 0.15) is 12.2 Å². The second-order valence-electron chi connectivity index (χ2n) is 9.82. The summed E-state index contributed by atoms with van der Waals surface area (Å²) in [4.78, 5) is 10.2. The van der Waals surface area contributed by atoms with E-state index in [0.29, 0.717) is 30.4 Å². The monoisotopic (exact) mass is 397 g/mol. The molecule has 3 saturated heterocycles. The SMILES string of the molecule is COC1CCCCC1C[NH+]1CCCC1C1NC(C2CCC(N(C)C)[NH2+]C2)NO1. The number of likely N-dealkylation sites (tertiary alicyclic amines) is 1. The maximum Gasteiger partial charge on any atom is 0.183 e. The quantitative estimate of drug-likeness (QED) is 0.457. The Morgan fingerprint density at radius 2 is 1.96 bits per heavy atom. The van der Waals surface area contributed by atoms with Crippen LogP contribution in [0.15, 0.2) is 0 Å². The highest BCUT2D eigenvalue weighted by molar-refractivity contribution is 4.84. The number of methoxy groups -OCH3 is 1. The fraction of sp³-hybridized carbons (Fsp3) is 1.00. The van der Waals surface area contributed by atoms with E-state index in [4.69, 9.17) is 9.57 Å². The first-order valence-electron chi connectivity index (χ1n) is 11.7. The molecule has 5 N–H and O–H groups in total. The Bertz CT molecular complexity index is 485. The summed E-state index contributed by atoms with van der Waals surface area (Å²) >= 11 is 0. The zero-order valence-corrected chi connectivity index (χ0v) is 18.2. The molecular formula is C21H43N5O2+2. The molecule has 4 fully saturated rings. The van der Waals surface area contributed by atoms with E-state index in [1.807, 2.05) is 7.11 Å². The van der Waals surface area contributed by atoms with Crippen molar-refractivity contribution in [2.75, 3.05) is 40.8 Å². The molecule has 1 aliphatic carbocycles. The van der Waals surface area contributed by atoms with Crippen molar-refractivity contribution in [3.8, 4) is 0 Å². The number of nitrogens with two attached hydrogens (primary N) is 1. The van der Waals surface area contributed by atoms with Crippen molar-refractivity contribution < 1.29 is 19.8 Å². The third-order valence-electron chi connectivity index (χ3n) is 7.91. The molecule has 0 bridgehead atoms. The van der Waals surface area contributed by atoms with Crippen LogP contribution < -0.4 is 21.0 Å². The number of nitrogens with one attached hydrogen (secondary N) is 3. The summed E-state index contributed by atoms with van der Waals surface area (Å²) in [6.45, 7) is 3.70. The molecule has 4 aliphatic rings. The van der Waals surface area contributed by atoms with E-state index in [9.17, 15) is 0 Å². The molecule has 0 spiro atoms. The Morgan fingerprint density at radius 3 is 2.71 bits per heavy atom. The summed E-state index contributed by atoms with van der Waals surface area (Å²) in [7, 11) is 6.27. The van der Waals surface area contributed by atoms with Gasteiger partial charge >= 0.3 is 0 Å². The van der Waals surface area contributed by atoms with Gasteiger partial charge in [-0.1, -0.05) is 12.8 Å². The lowest BCUT2D eigenvalue weighted by Gasteiger charge is -2.34. The van der Waals surface area contributed by atoms with E-state index in [0.717, 1.165) is 5.92 Å². The standard InChI is InChI=1S/C21H41N5O2/c1-25(2)19-11-10-15(13-22-19)20-23-21(28-24-20)17-8-6-12-26(17)14-16-7-4-5-9-18(16)27-3/h15-24H,4-14H2,1-3H3/p+2. The molecule has 8 atom stereocenters. The molecule has 7 heteroatoms. The Hall–Kier alpha value is -0.280. The Kier molecular flexibility index (Phi) is 7.25. The van der Waals surface area contributed by atoms with Crippen LogP contribution in [0.2, 0.25) is 0 Å². The average Bonchev–Trinajstić information content (AvgIpc) is 3.38. The van der Waals surface area contributed by atoms with Crippen molar-refractivity contribution in [2.45, 2.75) is 82.1 Å². The van der Waals surface area contributed by atoms with E-state index in [1.165, 1.54) is 71.0 Å². The van der Waals surface area contributed by atoms with E-state index in [-0.39, 0.29) is 6.23 Å². The van der Waals surface area contributed by atoms with Gasteiger partial charge in [0, 0.05) is 38.2 Å². The number of quaternary nitrogens is 2. The van der Waals surface area contributed by atoms with Crippen molar-refractivity contribution in [3.63, 3.8) is 0 Å². The van der Waals surface area contributed by atoms with Crippen LogP contribution in [0.3, 0.4) is 0 Å². The van der Waals surface area contributed by atoms with Gasteiger partial charge in [0.15, 0.2) is 6.23 Å². The predicted molar refractivity (Wildman–Crippen MR) is 108 cm³/mol. The summed E-state index contributed by atoms with van der Waals surface area (Å²) in [5.41, 5.74) is 3.36. The molecule has 28 heavy (non-hydrogen) atoms. The molecule has 0 aromatic heterocycles. The number of hydrogen-bond acceptors (Lipinski definition) is 5. The second-order valence-corrected chi connectivity index (χ2v) is 9.82. The maximum atomic E-state index is 6.11. The van der Waals surface area contributed by atoms with Gasteiger partial charge in [0.2, 0.25) is 0 Å². The molecule has 0 aromatic carbocycles. The lowest BCUT2D eigenvalue weighted by atomic mass is 9.86. The first kappa shape index (κ1) is 21.0. The summed E-state index contributed by atoms with van der Waals surface area (Å²) in [5, 5.41) is 6.31. The Labute approximate surface area is 170 Å². The predicted octanol–water partition coefficient (Wildman–Crippen LogP) is -1.12. The Morgan fingerprint density at radius 1 is 1.11 bits per heavy atom. The van der Waals surface area contributed by atoms with Crippen LogP contribution in [0.5, 0.6) is 0 Å². The molecule has 3 heterocycles. The highest BCUT2D eigenvalue weighted by Crippen LogP contribution is 2.26. The van der Waals surface area contributed by atoms with Gasteiger partial charge in [0.25, 0.3) is 0 Å². The average molecular weight is 398 g/mol. The van der Waals surface area contributed by atoms with Crippen LogP contribution >= 0.6 is 0 Å². The minimum absolute atomic E-state index is 0.152.